The molecular weight excluding hydrogens is 310 g/mol. The Morgan fingerprint density at radius 3 is 2.88 bits per heavy atom. The van der Waals surface area contributed by atoms with E-state index in [4.69, 9.17) is 11.2 Å². The van der Waals surface area contributed by atoms with E-state index >= 15 is 0 Å². The van der Waals surface area contributed by atoms with Gasteiger partial charge in [0.05, 0.1) is 6.10 Å². The lowest BCUT2D eigenvalue weighted by Gasteiger charge is -2.27. The highest BCUT2D eigenvalue weighted by Gasteiger charge is 2.20. The van der Waals surface area contributed by atoms with Gasteiger partial charge in [0.25, 0.3) is 0 Å². The van der Waals surface area contributed by atoms with Crippen LogP contribution in [0.1, 0.15) is 35.6 Å². The molecule has 0 saturated carbocycles. The molecule has 3 heteroatoms. The molecule has 1 aliphatic rings. The molecule has 0 bridgehead atoms. The van der Waals surface area contributed by atoms with Crippen molar-refractivity contribution in [3.8, 4) is 18.1 Å². The van der Waals surface area contributed by atoms with Crippen molar-refractivity contribution in [1.29, 1.82) is 0 Å². The molecule has 0 spiro atoms. The fraction of sp³-hybridized carbons (Fsp3) is 0.364. The van der Waals surface area contributed by atoms with E-state index in [0.29, 0.717) is 19.0 Å². The van der Waals surface area contributed by atoms with Gasteiger partial charge >= 0.3 is 0 Å². The van der Waals surface area contributed by atoms with Crippen molar-refractivity contribution >= 4 is 0 Å². The number of rotatable bonds is 7. The van der Waals surface area contributed by atoms with E-state index in [1.165, 1.54) is 17.5 Å². The second kappa shape index (κ2) is 8.71. The third kappa shape index (κ3) is 4.63. The predicted molar refractivity (Wildman–Crippen MR) is 101 cm³/mol. The first-order chi connectivity index (χ1) is 12.3. The zero-order chi connectivity index (χ0) is 17.5. The van der Waals surface area contributed by atoms with Gasteiger partial charge in [-0.1, -0.05) is 48.4 Å². The van der Waals surface area contributed by atoms with Crippen LogP contribution >= 0.6 is 0 Å². The van der Waals surface area contributed by atoms with Crippen molar-refractivity contribution in [1.82, 2.24) is 5.32 Å². The molecule has 0 amide bonds. The van der Waals surface area contributed by atoms with Crippen molar-refractivity contribution in [3.63, 3.8) is 0 Å². The second-order valence-corrected chi connectivity index (χ2v) is 6.51. The van der Waals surface area contributed by atoms with Crippen molar-refractivity contribution in [3.05, 3.63) is 65.2 Å². The van der Waals surface area contributed by atoms with Crippen LogP contribution in [0.3, 0.4) is 0 Å². The van der Waals surface area contributed by atoms with Crippen molar-refractivity contribution in [2.45, 2.75) is 37.8 Å². The van der Waals surface area contributed by atoms with Gasteiger partial charge in [-0.25, -0.2) is 0 Å². The molecule has 2 aromatic rings. The number of aliphatic hydroxyl groups excluding tert-OH is 1. The molecule has 0 radical (unpaired) electrons. The summed E-state index contributed by atoms with van der Waals surface area (Å²) in [6.07, 6.45) is 8.79. The summed E-state index contributed by atoms with van der Waals surface area (Å²) in [5.74, 6) is 3.23. The zero-order valence-electron chi connectivity index (χ0n) is 14.4. The normalized spacial score (nSPS) is 17.4. The quantitative estimate of drug-likeness (QED) is 0.763. The monoisotopic (exact) mass is 335 g/mol. The minimum atomic E-state index is -0.468. The smallest absolute Gasteiger partial charge is 0.148 e. The zero-order valence-corrected chi connectivity index (χ0v) is 14.4. The summed E-state index contributed by atoms with van der Waals surface area (Å²) in [5.41, 5.74) is 3.78. The van der Waals surface area contributed by atoms with E-state index in [1.54, 1.807) is 0 Å². The van der Waals surface area contributed by atoms with E-state index in [9.17, 15) is 5.11 Å². The minimum absolute atomic E-state index is 0.240. The van der Waals surface area contributed by atoms with Crippen molar-refractivity contribution in [2.75, 3.05) is 13.2 Å². The number of aliphatic hydroxyl groups is 1. The van der Waals surface area contributed by atoms with Gasteiger partial charge in [-0.3, -0.25) is 0 Å². The number of hydrogen-bond donors (Lipinski definition) is 2. The number of aryl methyl sites for hydroxylation is 1. The van der Waals surface area contributed by atoms with Crippen LogP contribution < -0.4 is 10.1 Å². The summed E-state index contributed by atoms with van der Waals surface area (Å²) < 4.78 is 5.56. The van der Waals surface area contributed by atoms with Crippen LogP contribution in [0.5, 0.6) is 5.75 Å². The van der Waals surface area contributed by atoms with Crippen molar-refractivity contribution in [2.24, 2.45) is 0 Å². The molecule has 2 aromatic carbocycles. The molecule has 0 aliphatic heterocycles. The van der Waals surface area contributed by atoms with Crippen LogP contribution in [-0.2, 0) is 12.8 Å². The first-order valence-corrected chi connectivity index (χ1v) is 8.91. The topological polar surface area (TPSA) is 41.5 Å². The average molecular weight is 335 g/mol. The van der Waals surface area contributed by atoms with Gasteiger partial charge in [-0.2, -0.15) is 0 Å². The number of terminal acetylenes is 1. The van der Waals surface area contributed by atoms with Crippen LogP contribution in [-0.4, -0.2) is 24.4 Å². The Morgan fingerprint density at radius 2 is 2.00 bits per heavy atom. The van der Waals surface area contributed by atoms with E-state index in [2.05, 4.69) is 35.5 Å². The Kier molecular flexibility index (Phi) is 6.11. The average Bonchev–Trinajstić information content (AvgIpc) is 2.65. The Morgan fingerprint density at radius 1 is 1.20 bits per heavy atom. The van der Waals surface area contributed by atoms with Crippen LogP contribution in [0.15, 0.2) is 48.5 Å². The van der Waals surface area contributed by atoms with Crippen LogP contribution in [0, 0.1) is 12.3 Å². The fourth-order valence-corrected chi connectivity index (χ4v) is 3.50. The first kappa shape index (κ1) is 17.5. The first-order valence-electron chi connectivity index (χ1n) is 8.91. The summed E-state index contributed by atoms with van der Waals surface area (Å²) in [4.78, 5) is 0. The maximum absolute atomic E-state index is 10.5. The lowest BCUT2D eigenvalue weighted by atomic mass is 9.87. The molecule has 0 heterocycles. The maximum Gasteiger partial charge on any atom is 0.148 e. The van der Waals surface area contributed by atoms with Crippen LogP contribution in [0.2, 0.25) is 0 Å². The Labute approximate surface area is 150 Å². The highest BCUT2D eigenvalue weighted by atomic mass is 16.5. The molecule has 2 unspecified atom stereocenters. The van der Waals surface area contributed by atoms with Crippen LogP contribution in [0.25, 0.3) is 0 Å². The molecule has 2 atom stereocenters. The summed E-state index contributed by atoms with van der Waals surface area (Å²) in [5, 5.41) is 14.0. The molecule has 130 valence electrons. The number of ether oxygens (including phenoxy) is 1. The van der Waals surface area contributed by atoms with Crippen LogP contribution in [0.4, 0.5) is 0 Å². The number of hydrogen-bond acceptors (Lipinski definition) is 3. The molecular formula is C22H25NO2. The predicted octanol–water partition coefficient (Wildman–Crippen LogP) is 3.27. The molecule has 2 N–H and O–H groups in total. The third-order valence-corrected chi connectivity index (χ3v) is 4.71. The molecule has 25 heavy (non-hydrogen) atoms. The Bertz CT molecular complexity index is 735. The second-order valence-electron chi connectivity index (χ2n) is 6.51. The number of para-hydroxylation sites is 1. The van der Waals surface area contributed by atoms with Gasteiger partial charge in [-0.05, 0) is 42.0 Å². The molecule has 3 nitrogen and oxygen atoms in total. The third-order valence-electron chi connectivity index (χ3n) is 4.71. The van der Waals surface area contributed by atoms with Gasteiger partial charge in [0.15, 0.2) is 0 Å². The van der Waals surface area contributed by atoms with E-state index in [0.717, 1.165) is 24.2 Å². The Hall–Kier alpha value is -2.28. The molecule has 0 saturated heterocycles. The highest BCUT2D eigenvalue weighted by molar-refractivity contribution is 5.34. The lowest BCUT2D eigenvalue weighted by molar-refractivity contribution is 0.164. The summed E-state index contributed by atoms with van der Waals surface area (Å²) >= 11 is 0. The van der Waals surface area contributed by atoms with Gasteiger partial charge in [0.1, 0.15) is 12.4 Å². The summed E-state index contributed by atoms with van der Waals surface area (Å²) in [6.45, 7) is 0.798. The lowest BCUT2D eigenvalue weighted by Crippen LogP contribution is -2.33. The van der Waals surface area contributed by atoms with E-state index in [-0.39, 0.29) is 6.61 Å². The highest BCUT2D eigenvalue weighted by Crippen LogP contribution is 2.29. The molecule has 3 rings (SSSR count). The standard InChI is InChI=1S/C22H25NO2/c1-2-14-25-22-13-6-4-9-18(22)15-19(24)16-23-21-12-7-10-17-8-3-5-11-20(17)21/h1,3-6,8-9,11,13,19,21,23-24H,7,10,12,14-16H2. The summed E-state index contributed by atoms with van der Waals surface area (Å²) in [6, 6.07) is 16.7. The van der Waals surface area contributed by atoms with Gasteiger partial charge in [0, 0.05) is 19.0 Å². The summed E-state index contributed by atoms with van der Waals surface area (Å²) in [7, 11) is 0. The fourth-order valence-electron chi connectivity index (χ4n) is 3.50. The largest absolute Gasteiger partial charge is 0.481 e. The maximum atomic E-state index is 10.5. The molecule has 1 aliphatic carbocycles. The Balaban J connectivity index is 1.58. The van der Waals surface area contributed by atoms with Crippen molar-refractivity contribution < 1.29 is 9.84 Å². The number of fused-ring (bicyclic) bond motifs is 1. The molecule has 0 aromatic heterocycles. The van der Waals surface area contributed by atoms with Gasteiger partial charge in [0.2, 0.25) is 0 Å². The van der Waals surface area contributed by atoms with Gasteiger partial charge in [-0.15, -0.1) is 6.42 Å². The number of benzene rings is 2. The molecule has 0 fully saturated rings. The SMILES string of the molecule is C#CCOc1ccccc1CC(O)CNC1CCCc2ccccc21. The van der Waals surface area contributed by atoms with Gasteiger partial charge < -0.3 is 15.2 Å². The van der Waals surface area contributed by atoms with E-state index in [1.807, 2.05) is 24.3 Å². The number of nitrogens with one attached hydrogen (secondary N) is 1. The minimum Gasteiger partial charge on any atom is -0.481 e. The van der Waals surface area contributed by atoms with E-state index < -0.39 is 6.10 Å².